The van der Waals surface area contributed by atoms with Gasteiger partial charge in [0.1, 0.15) is 4.88 Å². The van der Waals surface area contributed by atoms with E-state index in [-0.39, 0.29) is 24.0 Å². The minimum absolute atomic E-state index is 0.0219. The molecule has 1 aromatic rings. The number of amides is 1. The summed E-state index contributed by atoms with van der Waals surface area (Å²) in [6, 6.07) is 0. The molecule has 1 amide bonds. The lowest BCUT2D eigenvalue weighted by molar-refractivity contribution is 0.0959. The van der Waals surface area contributed by atoms with Gasteiger partial charge in [0, 0.05) is 18.7 Å². The Labute approximate surface area is 124 Å². The molecule has 0 radical (unpaired) electrons. The Hall–Kier alpha value is -0.950. The smallest absolute Gasteiger partial charge is 0.263 e. The van der Waals surface area contributed by atoms with E-state index in [0.717, 1.165) is 11.4 Å². The van der Waals surface area contributed by atoms with Crippen LogP contribution in [0.2, 0.25) is 0 Å². The lowest BCUT2D eigenvalue weighted by atomic mass is 10.1. The zero-order valence-corrected chi connectivity index (χ0v) is 14.0. The lowest BCUT2D eigenvalue weighted by Crippen LogP contribution is -2.29. The van der Waals surface area contributed by atoms with Gasteiger partial charge in [-0.25, -0.2) is 13.4 Å². The van der Waals surface area contributed by atoms with Gasteiger partial charge in [0.2, 0.25) is 0 Å². The van der Waals surface area contributed by atoms with Gasteiger partial charge in [0.05, 0.1) is 16.5 Å². The van der Waals surface area contributed by atoms with Crippen LogP contribution in [0.5, 0.6) is 0 Å². The summed E-state index contributed by atoms with van der Waals surface area (Å²) >= 11 is 1.39. The van der Waals surface area contributed by atoms with Gasteiger partial charge in [-0.1, -0.05) is 20.8 Å². The zero-order chi connectivity index (χ0) is 15.3. The van der Waals surface area contributed by atoms with Crippen LogP contribution in [0.1, 0.15) is 41.1 Å². The van der Waals surface area contributed by atoms with Crippen LogP contribution in [0.15, 0.2) is 0 Å². The normalized spacial score (nSPS) is 11.8. The van der Waals surface area contributed by atoms with Crippen LogP contribution >= 0.6 is 11.3 Å². The Morgan fingerprint density at radius 3 is 2.60 bits per heavy atom. The van der Waals surface area contributed by atoms with Gasteiger partial charge in [-0.2, -0.15) is 0 Å². The SMILES string of the molecule is CCS(=O)(=O)CCNC(=O)c1sc(CC(C)C)nc1C. The third-order valence-electron chi connectivity index (χ3n) is 2.77. The summed E-state index contributed by atoms with van der Waals surface area (Å²) in [5.74, 6) is 0.333. The van der Waals surface area contributed by atoms with Crippen molar-refractivity contribution in [3.63, 3.8) is 0 Å². The summed E-state index contributed by atoms with van der Waals surface area (Å²) in [4.78, 5) is 17.0. The van der Waals surface area contributed by atoms with E-state index in [0.29, 0.717) is 16.5 Å². The lowest BCUT2D eigenvalue weighted by Gasteiger charge is -2.04. The van der Waals surface area contributed by atoms with Crippen molar-refractivity contribution in [2.24, 2.45) is 5.92 Å². The molecule has 0 fully saturated rings. The molecule has 1 aromatic heterocycles. The molecule has 0 atom stereocenters. The predicted molar refractivity (Wildman–Crippen MR) is 82.1 cm³/mol. The van der Waals surface area contributed by atoms with Gasteiger partial charge in [0.15, 0.2) is 9.84 Å². The number of aromatic nitrogens is 1. The van der Waals surface area contributed by atoms with Gasteiger partial charge < -0.3 is 5.32 Å². The van der Waals surface area contributed by atoms with E-state index in [1.165, 1.54) is 11.3 Å². The van der Waals surface area contributed by atoms with Crippen molar-refractivity contribution in [1.29, 1.82) is 0 Å². The molecule has 0 aliphatic heterocycles. The number of hydrogen-bond donors (Lipinski definition) is 1. The van der Waals surface area contributed by atoms with Crippen molar-refractivity contribution in [2.45, 2.75) is 34.1 Å². The van der Waals surface area contributed by atoms with Gasteiger partial charge in [-0.05, 0) is 12.8 Å². The van der Waals surface area contributed by atoms with Gasteiger partial charge in [-0.3, -0.25) is 4.79 Å². The Kier molecular flexibility index (Phi) is 6.13. The molecule has 0 aromatic carbocycles. The number of nitrogens with one attached hydrogen (secondary N) is 1. The topological polar surface area (TPSA) is 76.1 Å². The molecule has 1 N–H and O–H groups in total. The molecule has 1 rings (SSSR count). The fourth-order valence-electron chi connectivity index (χ4n) is 1.64. The Morgan fingerprint density at radius 1 is 1.40 bits per heavy atom. The summed E-state index contributed by atoms with van der Waals surface area (Å²) in [5.41, 5.74) is 0.710. The van der Waals surface area contributed by atoms with Gasteiger partial charge in [0.25, 0.3) is 5.91 Å². The number of aryl methyl sites for hydroxylation is 1. The van der Waals surface area contributed by atoms with E-state index >= 15 is 0 Å². The van der Waals surface area contributed by atoms with Crippen LogP contribution in [0.3, 0.4) is 0 Å². The first kappa shape index (κ1) is 17.1. The fourth-order valence-corrected chi connectivity index (χ4v) is 3.54. The highest BCUT2D eigenvalue weighted by Gasteiger charge is 2.16. The van der Waals surface area contributed by atoms with Crippen molar-refractivity contribution in [1.82, 2.24) is 10.3 Å². The summed E-state index contributed by atoms with van der Waals surface area (Å²) < 4.78 is 22.7. The molecule has 0 aliphatic rings. The summed E-state index contributed by atoms with van der Waals surface area (Å²) in [6.07, 6.45) is 0.850. The minimum atomic E-state index is -3.05. The first-order valence-electron chi connectivity index (χ1n) is 6.70. The number of hydrogen-bond acceptors (Lipinski definition) is 5. The largest absolute Gasteiger partial charge is 0.350 e. The minimum Gasteiger partial charge on any atom is -0.350 e. The van der Waals surface area contributed by atoms with Crippen molar-refractivity contribution in [3.05, 3.63) is 15.6 Å². The molecule has 114 valence electrons. The Morgan fingerprint density at radius 2 is 2.05 bits per heavy atom. The number of carbonyl (C=O) groups excluding carboxylic acids is 1. The van der Waals surface area contributed by atoms with Crippen LogP contribution < -0.4 is 5.32 Å². The zero-order valence-electron chi connectivity index (χ0n) is 12.4. The summed E-state index contributed by atoms with van der Waals surface area (Å²) in [6.45, 7) is 7.75. The van der Waals surface area contributed by atoms with E-state index in [1.54, 1.807) is 13.8 Å². The molecule has 0 spiro atoms. The molecule has 0 unspecified atom stereocenters. The Balaban J connectivity index is 2.62. The number of thiazole rings is 1. The monoisotopic (exact) mass is 318 g/mol. The highest BCUT2D eigenvalue weighted by Crippen LogP contribution is 2.20. The Bertz CT molecular complexity index is 562. The van der Waals surface area contributed by atoms with E-state index in [1.807, 2.05) is 0 Å². The molecular weight excluding hydrogens is 296 g/mol. The number of carbonyl (C=O) groups is 1. The molecule has 0 saturated heterocycles. The van der Waals surface area contributed by atoms with E-state index in [2.05, 4.69) is 24.1 Å². The van der Waals surface area contributed by atoms with Crippen LogP contribution in [0.4, 0.5) is 0 Å². The quantitative estimate of drug-likeness (QED) is 0.832. The van der Waals surface area contributed by atoms with E-state index < -0.39 is 9.84 Å². The second kappa shape index (κ2) is 7.17. The maximum absolute atomic E-state index is 12.0. The van der Waals surface area contributed by atoms with Crippen LogP contribution in [0.25, 0.3) is 0 Å². The molecule has 1 heterocycles. The maximum atomic E-state index is 12.0. The summed E-state index contributed by atoms with van der Waals surface area (Å²) in [7, 11) is -3.05. The molecule has 7 heteroatoms. The van der Waals surface area contributed by atoms with Crippen molar-refractivity contribution in [3.8, 4) is 0 Å². The average Bonchev–Trinajstić information content (AvgIpc) is 2.69. The van der Waals surface area contributed by atoms with Gasteiger partial charge >= 0.3 is 0 Å². The fraction of sp³-hybridized carbons (Fsp3) is 0.692. The highest BCUT2D eigenvalue weighted by atomic mass is 32.2. The maximum Gasteiger partial charge on any atom is 0.263 e. The molecule has 0 aliphatic carbocycles. The van der Waals surface area contributed by atoms with Crippen molar-refractivity contribution >= 4 is 27.1 Å². The summed E-state index contributed by atoms with van der Waals surface area (Å²) in [5, 5.41) is 3.60. The molecule has 5 nitrogen and oxygen atoms in total. The average molecular weight is 318 g/mol. The van der Waals surface area contributed by atoms with E-state index in [4.69, 9.17) is 0 Å². The number of rotatable bonds is 7. The third-order valence-corrected chi connectivity index (χ3v) is 5.65. The third kappa shape index (κ3) is 5.20. The van der Waals surface area contributed by atoms with E-state index in [9.17, 15) is 13.2 Å². The highest BCUT2D eigenvalue weighted by molar-refractivity contribution is 7.91. The number of nitrogens with zero attached hydrogens (tertiary/aromatic N) is 1. The van der Waals surface area contributed by atoms with Crippen LogP contribution in [-0.4, -0.2) is 37.4 Å². The van der Waals surface area contributed by atoms with Crippen LogP contribution in [0, 0.1) is 12.8 Å². The predicted octanol–water partition coefficient (Wildman–Crippen LogP) is 1.81. The first-order chi connectivity index (χ1) is 9.25. The first-order valence-corrected chi connectivity index (χ1v) is 9.34. The molecule has 0 saturated carbocycles. The van der Waals surface area contributed by atoms with Gasteiger partial charge in [-0.15, -0.1) is 11.3 Å². The standard InChI is InChI=1S/C13H22N2O3S2/c1-5-20(17,18)7-6-14-13(16)12-10(4)15-11(19-12)8-9(2)3/h9H,5-8H2,1-4H3,(H,14,16). The molecule has 0 bridgehead atoms. The second-order valence-electron chi connectivity index (χ2n) is 5.11. The second-order valence-corrected chi connectivity index (χ2v) is 8.67. The molecule has 20 heavy (non-hydrogen) atoms. The van der Waals surface area contributed by atoms with Crippen molar-refractivity contribution < 1.29 is 13.2 Å². The van der Waals surface area contributed by atoms with Crippen molar-refractivity contribution in [2.75, 3.05) is 18.1 Å². The van der Waals surface area contributed by atoms with Crippen LogP contribution in [-0.2, 0) is 16.3 Å². The molecular formula is C13H22N2O3S2. The number of sulfone groups is 1.